The third-order valence-electron chi connectivity index (χ3n) is 6.84. The molecule has 2 aromatic carbocycles. The third kappa shape index (κ3) is 14.0. The van der Waals surface area contributed by atoms with Gasteiger partial charge in [0, 0.05) is 43.1 Å². The number of amides is 4. The summed E-state index contributed by atoms with van der Waals surface area (Å²) in [7, 11) is 0. The Morgan fingerprint density at radius 2 is 1.36 bits per heavy atom. The van der Waals surface area contributed by atoms with Crippen molar-refractivity contribution in [2.24, 2.45) is 0 Å². The molecule has 4 N–H and O–H groups in total. The summed E-state index contributed by atoms with van der Waals surface area (Å²) in [5.74, 6) is -2.42. The van der Waals surface area contributed by atoms with Crippen LogP contribution in [0.15, 0.2) is 60.7 Å². The van der Waals surface area contributed by atoms with Gasteiger partial charge in [-0.3, -0.25) is 19.2 Å². The van der Waals surface area contributed by atoms with Gasteiger partial charge >= 0.3 is 5.97 Å². The number of nitrogens with one attached hydrogen (secondary N) is 4. The van der Waals surface area contributed by atoms with Crippen LogP contribution in [0.25, 0.3) is 0 Å². The molecule has 3 unspecified atom stereocenters. The Hall–Kier alpha value is -3.56. The molecule has 4 amide bonds. The first-order chi connectivity index (χ1) is 21.9. The quantitative estimate of drug-likeness (QED) is 0.0684. The Labute approximate surface area is 276 Å². The van der Waals surface area contributed by atoms with Gasteiger partial charge in [0.15, 0.2) is 0 Å². The molecule has 0 aromatic heterocycles. The molecule has 2 aromatic rings. The van der Waals surface area contributed by atoms with Gasteiger partial charge in [-0.15, -0.1) is 0 Å². The maximum Gasteiger partial charge on any atom is 0.328 e. The van der Waals surface area contributed by atoms with Crippen molar-refractivity contribution >= 4 is 52.2 Å². The van der Waals surface area contributed by atoms with E-state index in [4.69, 9.17) is 14.2 Å². The van der Waals surface area contributed by atoms with E-state index in [0.29, 0.717) is 39.4 Å². The second-order valence-corrected chi connectivity index (χ2v) is 11.4. The molecule has 3 rings (SSSR count). The molecule has 1 heterocycles. The van der Waals surface area contributed by atoms with E-state index in [-0.39, 0.29) is 38.2 Å². The number of cyclic esters (lactones) is 1. The lowest BCUT2D eigenvalue weighted by atomic mass is 10.0. The maximum atomic E-state index is 13.6. The number of rotatable bonds is 20. The lowest BCUT2D eigenvalue weighted by molar-refractivity contribution is -0.141. The summed E-state index contributed by atoms with van der Waals surface area (Å²) in [5, 5.41) is 10.9. The lowest BCUT2D eigenvalue weighted by Crippen LogP contribution is -2.56. The Morgan fingerprint density at radius 3 is 1.93 bits per heavy atom. The minimum Gasteiger partial charge on any atom is -0.464 e. The van der Waals surface area contributed by atoms with Crippen LogP contribution in [0.4, 0.5) is 0 Å². The van der Waals surface area contributed by atoms with Crippen molar-refractivity contribution in [3.8, 4) is 0 Å². The average molecular weight is 737 g/mol. The van der Waals surface area contributed by atoms with Gasteiger partial charge in [-0.05, 0) is 11.1 Å². The van der Waals surface area contributed by atoms with Crippen LogP contribution < -0.4 is 21.3 Å². The monoisotopic (exact) mass is 736 g/mol. The van der Waals surface area contributed by atoms with Crippen molar-refractivity contribution in [3.63, 3.8) is 0 Å². The van der Waals surface area contributed by atoms with E-state index in [2.05, 4.69) is 43.9 Å². The molecule has 1 aliphatic heterocycles. The van der Waals surface area contributed by atoms with Crippen LogP contribution in [0.5, 0.6) is 0 Å². The number of hydrogen-bond acceptors (Lipinski definition) is 8. The summed E-state index contributed by atoms with van der Waals surface area (Å²) in [5.41, 5.74) is 1.60. The molecule has 1 saturated heterocycles. The van der Waals surface area contributed by atoms with Crippen molar-refractivity contribution in [2.45, 2.75) is 50.2 Å². The highest BCUT2D eigenvalue weighted by atomic mass is 127. The van der Waals surface area contributed by atoms with Crippen LogP contribution >= 0.6 is 22.6 Å². The van der Waals surface area contributed by atoms with Gasteiger partial charge in [0.2, 0.25) is 23.6 Å². The first-order valence-corrected chi connectivity index (χ1v) is 16.5. The number of esters is 1. The van der Waals surface area contributed by atoms with Crippen LogP contribution in [-0.2, 0) is 51.0 Å². The van der Waals surface area contributed by atoms with Crippen molar-refractivity contribution < 1.29 is 38.2 Å². The number of ether oxygens (including phenoxy) is 3. The van der Waals surface area contributed by atoms with E-state index in [1.807, 2.05) is 60.7 Å². The van der Waals surface area contributed by atoms with Crippen molar-refractivity contribution in [1.29, 1.82) is 0 Å². The van der Waals surface area contributed by atoms with Crippen molar-refractivity contribution in [2.75, 3.05) is 44.0 Å². The van der Waals surface area contributed by atoms with Crippen LogP contribution in [0, 0.1) is 0 Å². The molecular formula is C32H41IN4O8. The highest BCUT2D eigenvalue weighted by molar-refractivity contribution is 14.1. The van der Waals surface area contributed by atoms with Gasteiger partial charge in [0.25, 0.3) is 0 Å². The third-order valence-corrected chi connectivity index (χ3v) is 7.28. The normalized spacial score (nSPS) is 15.4. The van der Waals surface area contributed by atoms with Gasteiger partial charge in [-0.2, -0.15) is 0 Å². The molecule has 1 fully saturated rings. The van der Waals surface area contributed by atoms with Crippen LogP contribution in [-0.4, -0.2) is 91.7 Å². The average Bonchev–Trinajstić information content (AvgIpc) is 3.45. The SMILES string of the molecule is O=C(CCC(=O)NC(Cc1ccccc1)C(=O)NC(Cc1ccccc1)C(=O)NC1CCOC1=O)NCCOCCOCCI. The minimum absolute atomic E-state index is 0.0686. The predicted octanol–water partition coefficient (Wildman–Crippen LogP) is 1.24. The Morgan fingerprint density at radius 1 is 0.778 bits per heavy atom. The summed E-state index contributed by atoms with van der Waals surface area (Å²) in [6, 6.07) is 15.5. The zero-order chi connectivity index (χ0) is 32.3. The number of alkyl halides is 1. The molecule has 12 nitrogen and oxygen atoms in total. The molecule has 0 aliphatic carbocycles. The molecule has 0 radical (unpaired) electrons. The lowest BCUT2D eigenvalue weighted by Gasteiger charge is -2.24. The Bertz CT molecular complexity index is 1230. The van der Waals surface area contributed by atoms with E-state index >= 15 is 0 Å². The smallest absolute Gasteiger partial charge is 0.328 e. The molecular weight excluding hydrogens is 695 g/mol. The fraction of sp³-hybridized carbons (Fsp3) is 0.469. The van der Waals surface area contributed by atoms with Crippen LogP contribution in [0.2, 0.25) is 0 Å². The van der Waals surface area contributed by atoms with Gasteiger partial charge < -0.3 is 35.5 Å². The second kappa shape index (κ2) is 20.5. The van der Waals surface area contributed by atoms with Crippen LogP contribution in [0.3, 0.4) is 0 Å². The summed E-state index contributed by atoms with van der Waals surface area (Å²) in [6.07, 6.45) is 0.477. The van der Waals surface area contributed by atoms with E-state index < -0.39 is 41.8 Å². The highest BCUT2D eigenvalue weighted by Crippen LogP contribution is 2.10. The van der Waals surface area contributed by atoms with E-state index in [9.17, 15) is 24.0 Å². The fourth-order valence-electron chi connectivity index (χ4n) is 4.51. The van der Waals surface area contributed by atoms with Gasteiger partial charge in [-0.1, -0.05) is 83.3 Å². The zero-order valence-corrected chi connectivity index (χ0v) is 27.3. The largest absolute Gasteiger partial charge is 0.464 e. The number of carbonyl (C=O) groups excluding carboxylic acids is 5. The van der Waals surface area contributed by atoms with E-state index in [1.165, 1.54) is 0 Å². The molecule has 45 heavy (non-hydrogen) atoms. The number of benzene rings is 2. The summed E-state index contributed by atoms with van der Waals surface area (Å²) < 4.78 is 16.6. The van der Waals surface area contributed by atoms with E-state index in [0.717, 1.165) is 15.6 Å². The Kier molecular flexibility index (Phi) is 16.3. The molecule has 3 atom stereocenters. The Balaban J connectivity index is 1.58. The zero-order valence-electron chi connectivity index (χ0n) is 25.1. The fourth-order valence-corrected chi connectivity index (χ4v) is 4.82. The standard InChI is InChI=1S/C32H41IN4O8/c33-14-17-43-19-20-44-18-15-34-28(38)11-12-29(39)35-26(21-23-7-3-1-4-8-23)30(40)37-27(22-24-9-5-2-6-10-24)31(41)36-25-13-16-45-32(25)42/h1-10,25-27H,11-22H2,(H,34,38)(H,35,39)(H,36,41)(H,37,40). The molecule has 1 aliphatic rings. The van der Waals surface area contributed by atoms with Crippen molar-refractivity contribution in [1.82, 2.24) is 21.3 Å². The maximum absolute atomic E-state index is 13.6. The van der Waals surface area contributed by atoms with Gasteiger partial charge in [0.1, 0.15) is 18.1 Å². The minimum atomic E-state index is -1.02. The summed E-state index contributed by atoms with van der Waals surface area (Å²) >= 11 is 2.22. The first-order valence-electron chi connectivity index (χ1n) is 15.0. The molecule has 13 heteroatoms. The number of halogens is 1. The molecule has 0 spiro atoms. The number of carbonyl (C=O) groups is 5. The molecule has 0 bridgehead atoms. The van der Waals surface area contributed by atoms with Crippen molar-refractivity contribution in [3.05, 3.63) is 71.8 Å². The van der Waals surface area contributed by atoms with E-state index in [1.54, 1.807) is 0 Å². The van der Waals surface area contributed by atoms with Crippen LogP contribution in [0.1, 0.15) is 30.4 Å². The number of hydrogen-bond donors (Lipinski definition) is 4. The molecule has 244 valence electrons. The topological polar surface area (TPSA) is 161 Å². The van der Waals surface area contributed by atoms with Gasteiger partial charge in [-0.25, -0.2) is 4.79 Å². The van der Waals surface area contributed by atoms with Gasteiger partial charge in [0.05, 0.1) is 33.0 Å². The highest BCUT2D eigenvalue weighted by Gasteiger charge is 2.32. The predicted molar refractivity (Wildman–Crippen MR) is 174 cm³/mol. The second-order valence-electron chi connectivity index (χ2n) is 10.3. The first kappa shape index (κ1) is 35.9. The molecule has 0 saturated carbocycles. The summed E-state index contributed by atoms with van der Waals surface area (Å²) in [4.78, 5) is 64.0. The summed E-state index contributed by atoms with van der Waals surface area (Å²) in [6.45, 7) is 2.42.